The zero-order valence-electron chi connectivity index (χ0n) is 13.1. The van der Waals surface area contributed by atoms with Crippen molar-refractivity contribution in [1.29, 1.82) is 0 Å². The monoisotopic (exact) mass is 294 g/mol. The Kier molecular flexibility index (Phi) is 5.17. The largest absolute Gasteiger partial charge is 0.381 e. The van der Waals surface area contributed by atoms with Gasteiger partial charge in [-0.2, -0.15) is 0 Å². The maximum atomic E-state index is 12.3. The molecular weight excluding hydrogens is 264 g/mol. The van der Waals surface area contributed by atoms with E-state index in [0.717, 1.165) is 45.3 Å². The Morgan fingerprint density at radius 3 is 2.43 bits per heavy atom. The number of rotatable bonds is 4. The van der Waals surface area contributed by atoms with E-state index in [1.165, 1.54) is 19.3 Å². The third-order valence-electron chi connectivity index (χ3n) is 5.82. The molecule has 2 bridgehead atoms. The predicted molar refractivity (Wildman–Crippen MR) is 82.7 cm³/mol. The number of nitrogens with two attached hydrogens (primary N) is 1. The van der Waals surface area contributed by atoms with Crippen LogP contribution in [0.4, 0.5) is 0 Å². The quantitative estimate of drug-likeness (QED) is 0.835. The van der Waals surface area contributed by atoms with Gasteiger partial charge in [-0.05, 0) is 62.7 Å². The van der Waals surface area contributed by atoms with Gasteiger partial charge in [-0.3, -0.25) is 4.79 Å². The number of carbonyl (C=O) groups is 1. The van der Waals surface area contributed by atoms with Crippen LogP contribution in [0.2, 0.25) is 0 Å². The van der Waals surface area contributed by atoms with E-state index in [1.54, 1.807) is 0 Å². The average Bonchev–Trinajstić information content (AvgIpc) is 2.47. The van der Waals surface area contributed by atoms with Crippen molar-refractivity contribution in [1.82, 2.24) is 5.32 Å². The summed E-state index contributed by atoms with van der Waals surface area (Å²) in [5.74, 6) is 2.20. The van der Waals surface area contributed by atoms with Gasteiger partial charge in [0.25, 0.3) is 0 Å². The van der Waals surface area contributed by atoms with Crippen LogP contribution in [0.3, 0.4) is 0 Å². The lowest BCUT2D eigenvalue weighted by Crippen LogP contribution is -2.53. The lowest BCUT2D eigenvalue weighted by Gasteiger charge is -2.45. The maximum Gasteiger partial charge on any atom is 0.220 e. The number of fused-ring (bicyclic) bond motifs is 2. The summed E-state index contributed by atoms with van der Waals surface area (Å²) in [4.78, 5) is 12.3. The normalized spacial score (nSPS) is 37.2. The molecule has 3 rings (SSSR count). The molecule has 0 radical (unpaired) electrons. The maximum absolute atomic E-state index is 12.3. The summed E-state index contributed by atoms with van der Waals surface area (Å²) in [5.41, 5.74) is 6.15. The minimum atomic E-state index is 0.263. The summed E-state index contributed by atoms with van der Waals surface area (Å²) in [6, 6.07) is 0.761. The third-order valence-corrected chi connectivity index (χ3v) is 5.82. The third kappa shape index (κ3) is 3.98. The van der Waals surface area contributed by atoms with Crippen LogP contribution in [0.25, 0.3) is 0 Å². The van der Waals surface area contributed by atoms with Gasteiger partial charge in [0.2, 0.25) is 5.91 Å². The van der Waals surface area contributed by atoms with Crippen molar-refractivity contribution in [2.75, 3.05) is 13.2 Å². The molecule has 2 aliphatic carbocycles. The number of amides is 1. The van der Waals surface area contributed by atoms with E-state index in [9.17, 15) is 4.79 Å². The van der Waals surface area contributed by atoms with Gasteiger partial charge < -0.3 is 15.8 Å². The first-order valence-electron chi connectivity index (χ1n) is 8.85. The first kappa shape index (κ1) is 15.3. The Labute approximate surface area is 128 Å². The molecule has 0 aromatic carbocycles. The van der Waals surface area contributed by atoms with Crippen LogP contribution in [-0.4, -0.2) is 31.2 Å². The smallest absolute Gasteiger partial charge is 0.220 e. The average molecular weight is 294 g/mol. The summed E-state index contributed by atoms with van der Waals surface area (Å²) in [5, 5.41) is 3.36. The number of ether oxygens (including phenoxy) is 1. The second-order valence-corrected chi connectivity index (χ2v) is 7.37. The summed E-state index contributed by atoms with van der Waals surface area (Å²) in [7, 11) is 0. The van der Waals surface area contributed by atoms with E-state index in [-0.39, 0.29) is 5.91 Å². The lowest BCUT2D eigenvalue weighted by molar-refractivity contribution is -0.123. The topological polar surface area (TPSA) is 64.3 Å². The van der Waals surface area contributed by atoms with Crippen LogP contribution in [-0.2, 0) is 9.53 Å². The molecule has 4 heteroatoms. The first-order chi connectivity index (χ1) is 10.2. The zero-order chi connectivity index (χ0) is 14.7. The van der Waals surface area contributed by atoms with Crippen molar-refractivity contribution in [2.24, 2.45) is 23.5 Å². The van der Waals surface area contributed by atoms with E-state index >= 15 is 0 Å². The van der Waals surface area contributed by atoms with Gasteiger partial charge in [-0.25, -0.2) is 0 Å². The molecule has 21 heavy (non-hydrogen) atoms. The highest BCUT2D eigenvalue weighted by Gasteiger charge is 2.39. The van der Waals surface area contributed by atoms with Crippen LogP contribution in [0.1, 0.15) is 57.8 Å². The predicted octanol–water partition coefficient (Wildman–Crippen LogP) is 2.22. The van der Waals surface area contributed by atoms with Gasteiger partial charge in [0.15, 0.2) is 0 Å². The fourth-order valence-electron chi connectivity index (χ4n) is 4.65. The molecule has 1 amide bonds. The molecule has 3 aliphatic rings. The Hall–Kier alpha value is -0.610. The molecule has 1 heterocycles. The van der Waals surface area contributed by atoms with E-state index in [2.05, 4.69) is 5.32 Å². The van der Waals surface area contributed by atoms with Crippen molar-refractivity contribution < 1.29 is 9.53 Å². The highest BCUT2D eigenvalue weighted by Crippen LogP contribution is 2.39. The summed E-state index contributed by atoms with van der Waals surface area (Å²) >= 11 is 0. The molecule has 1 saturated heterocycles. The molecule has 0 spiro atoms. The molecule has 2 atom stereocenters. The number of hydrogen-bond acceptors (Lipinski definition) is 3. The molecule has 0 aromatic rings. The standard InChI is InChI=1S/C17H30N2O2/c18-15-10-13-2-1-3-14(11-15)17(13)19-16(20)5-4-12-6-8-21-9-7-12/h12-15,17H,1-11,18H2,(H,19,20). The molecule has 120 valence electrons. The van der Waals surface area contributed by atoms with Crippen LogP contribution in [0.5, 0.6) is 0 Å². The highest BCUT2D eigenvalue weighted by atomic mass is 16.5. The summed E-state index contributed by atoms with van der Waals surface area (Å²) in [6.07, 6.45) is 9.96. The molecule has 2 unspecified atom stereocenters. The van der Waals surface area contributed by atoms with E-state index < -0.39 is 0 Å². The van der Waals surface area contributed by atoms with Crippen molar-refractivity contribution in [3.63, 3.8) is 0 Å². The van der Waals surface area contributed by atoms with Crippen molar-refractivity contribution in [3.05, 3.63) is 0 Å². The zero-order valence-corrected chi connectivity index (χ0v) is 13.1. The Balaban J connectivity index is 1.45. The molecule has 3 N–H and O–H groups in total. The Morgan fingerprint density at radius 1 is 1.10 bits per heavy atom. The minimum Gasteiger partial charge on any atom is -0.381 e. The minimum absolute atomic E-state index is 0.263. The van der Waals surface area contributed by atoms with Crippen molar-refractivity contribution in [3.8, 4) is 0 Å². The first-order valence-corrected chi connectivity index (χ1v) is 8.85. The second kappa shape index (κ2) is 7.10. The number of nitrogens with one attached hydrogen (secondary N) is 1. The highest BCUT2D eigenvalue weighted by molar-refractivity contribution is 5.76. The molecule has 4 nitrogen and oxygen atoms in total. The van der Waals surface area contributed by atoms with E-state index in [4.69, 9.17) is 10.5 Å². The van der Waals surface area contributed by atoms with Crippen LogP contribution in [0.15, 0.2) is 0 Å². The van der Waals surface area contributed by atoms with Gasteiger partial charge in [-0.1, -0.05) is 6.42 Å². The fraction of sp³-hybridized carbons (Fsp3) is 0.941. The number of carbonyl (C=O) groups excluding carboxylic acids is 1. The molecule has 0 aromatic heterocycles. The van der Waals surface area contributed by atoms with E-state index in [0.29, 0.717) is 36.3 Å². The second-order valence-electron chi connectivity index (χ2n) is 7.37. The lowest BCUT2D eigenvalue weighted by atomic mass is 9.67. The summed E-state index contributed by atoms with van der Waals surface area (Å²) < 4.78 is 5.38. The molecule has 3 fully saturated rings. The van der Waals surface area contributed by atoms with E-state index in [1.807, 2.05) is 0 Å². The Bertz CT molecular complexity index is 341. The van der Waals surface area contributed by atoms with Crippen LogP contribution in [0, 0.1) is 17.8 Å². The van der Waals surface area contributed by atoms with Gasteiger partial charge in [0.05, 0.1) is 0 Å². The van der Waals surface area contributed by atoms with Crippen molar-refractivity contribution in [2.45, 2.75) is 69.9 Å². The molecular formula is C17H30N2O2. The van der Waals surface area contributed by atoms with Gasteiger partial charge >= 0.3 is 0 Å². The Morgan fingerprint density at radius 2 is 1.76 bits per heavy atom. The SMILES string of the molecule is NC1CC2CCCC(C1)C2NC(=O)CCC1CCOCC1. The van der Waals surface area contributed by atoms with Gasteiger partial charge in [-0.15, -0.1) is 0 Å². The fourth-order valence-corrected chi connectivity index (χ4v) is 4.65. The molecule has 2 saturated carbocycles. The van der Waals surface area contributed by atoms with Crippen molar-refractivity contribution >= 4 is 5.91 Å². The summed E-state index contributed by atoms with van der Waals surface area (Å²) in [6.45, 7) is 1.74. The van der Waals surface area contributed by atoms with Gasteiger partial charge in [0.1, 0.15) is 0 Å². The molecule has 1 aliphatic heterocycles. The number of hydrogen-bond donors (Lipinski definition) is 2. The van der Waals surface area contributed by atoms with Crippen LogP contribution < -0.4 is 11.1 Å². The van der Waals surface area contributed by atoms with Gasteiger partial charge in [0, 0.05) is 31.7 Å². The van der Waals surface area contributed by atoms with Crippen LogP contribution >= 0.6 is 0 Å².